The Kier molecular flexibility index (Phi) is 12.0. The lowest BCUT2D eigenvalue weighted by Crippen LogP contribution is -2.61. The monoisotopic (exact) mass is 595 g/mol. The Bertz CT molecular complexity index is 1230. The molecule has 3 atom stereocenters. The smallest absolute Gasteiger partial charge is 0.253 e. The number of nitrogens with one attached hydrogen (secondary N) is 3. The molecule has 2 rings (SSSR count). The molecule has 0 fully saturated rings. The molecule has 0 aromatic heterocycles. The molecule has 1 aliphatic heterocycles. The normalized spacial score (nSPS) is 16.3. The highest BCUT2D eigenvalue weighted by Gasteiger charge is 2.41. The molecule has 43 heavy (non-hydrogen) atoms. The third-order valence-corrected chi connectivity index (χ3v) is 7.97. The van der Waals surface area contributed by atoms with Crippen LogP contribution in [0.2, 0.25) is 0 Å². The van der Waals surface area contributed by atoms with Gasteiger partial charge in [0.05, 0.1) is 12.1 Å². The minimum absolute atomic E-state index is 0.0407. The van der Waals surface area contributed by atoms with Gasteiger partial charge in [-0.25, -0.2) is 0 Å². The molecular weight excluding hydrogens is 546 g/mol. The number of carbonyl (C=O) groups excluding carboxylic acids is 5. The summed E-state index contributed by atoms with van der Waals surface area (Å²) in [5.74, 6) is -1.76. The van der Waals surface area contributed by atoms with Crippen molar-refractivity contribution in [1.29, 1.82) is 0 Å². The van der Waals surface area contributed by atoms with Gasteiger partial charge < -0.3 is 20.9 Å². The predicted molar refractivity (Wildman–Crippen MR) is 168 cm³/mol. The van der Waals surface area contributed by atoms with Gasteiger partial charge >= 0.3 is 0 Å². The quantitative estimate of drug-likeness (QED) is 0.238. The molecule has 10 heteroatoms. The van der Waals surface area contributed by atoms with E-state index in [1.54, 1.807) is 32.0 Å². The number of hydrogen-bond donors (Lipinski definition) is 3. The van der Waals surface area contributed by atoms with Crippen molar-refractivity contribution in [2.45, 2.75) is 78.9 Å². The van der Waals surface area contributed by atoms with Crippen molar-refractivity contribution in [3.63, 3.8) is 0 Å². The second-order valence-electron chi connectivity index (χ2n) is 13.1. The van der Waals surface area contributed by atoms with Gasteiger partial charge in [0, 0.05) is 43.3 Å². The van der Waals surface area contributed by atoms with Gasteiger partial charge in [0.15, 0.2) is 0 Å². The predicted octanol–water partition coefficient (Wildman–Crippen LogP) is 2.55. The lowest BCUT2D eigenvalue weighted by Gasteiger charge is -2.40. The van der Waals surface area contributed by atoms with E-state index in [1.165, 1.54) is 12.2 Å². The van der Waals surface area contributed by atoms with Crippen LogP contribution in [0.4, 0.5) is 0 Å². The molecule has 236 valence electrons. The van der Waals surface area contributed by atoms with Crippen LogP contribution < -0.4 is 16.0 Å². The van der Waals surface area contributed by atoms with Gasteiger partial charge in [0.2, 0.25) is 17.7 Å². The van der Waals surface area contributed by atoms with E-state index in [9.17, 15) is 24.0 Å². The number of benzene rings is 1. The van der Waals surface area contributed by atoms with Gasteiger partial charge in [-0.2, -0.15) is 0 Å². The largest absolute Gasteiger partial charge is 0.351 e. The van der Waals surface area contributed by atoms with Crippen molar-refractivity contribution in [3.05, 3.63) is 59.7 Å². The Morgan fingerprint density at radius 2 is 1.51 bits per heavy atom. The van der Waals surface area contributed by atoms with Crippen molar-refractivity contribution in [2.24, 2.45) is 11.3 Å². The Morgan fingerprint density at radius 1 is 0.953 bits per heavy atom. The summed E-state index contributed by atoms with van der Waals surface area (Å²) in [7, 11) is 3.42. The zero-order valence-corrected chi connectivity index (χ0v) is 27.3. The molecular formula is C33H49N5O5. The molecule has 0 radical (unpaired) electrons. The molecule has 1 aromatic carbocycles. The maximum Gasteiger partial charge on any atom is 0.253 e. The average molecular weight is 596 g/mol. The SMILES string of the molecule is CN[C@H](C(=O)NC(C(=O)N(C)[C@H](/C=C(\C)C(=O)NCCN1C(=O)C=CC1=O)C(C)C)C(C)(C)C)C(C)(C)c1ccccc1. The molecule has 0 spiro atoms. The molecule has 1 aliphatic rings. The molecule has 5 amide bonds. The first kappa shape index (κ1) is 35.4. The Balaban J connectivity index is 2.20. The van der Waals surface area contributed by atoms with Crippen LogP contribution in [0.5, 0.6) is 0 Å². The van der Waals surface area contributed by atoms with Crippen LogP contribution >= 0.6 is 0 Å². The average Bonchev–Trinajstić information content (AvgIpc) is 3.25. The zero-order valence-electron chi connectivity index (χ0n) is 27.3. The fourth-order valence-corrected chi connectivity index (χ4v) is 5.23. The maximum atomic E-state index is 14.0. The lowest BCUT2D eigenvalue weighted by molar-refractivity contribution is -0.141. The van der Waals surface area contributed by atoms with Crippen LogP contribution in [0.3, 0.4) is 0 Å². The van der Waals surface area contributed by atoms with Crippen LogP contribution in [0, 0.1) is 11.3 Å². The van der Waals surface area contributed by atoms with Crippen molar-refractivity contribution < 1.29 is 24.0 Å². The van der Waals surface area contributed by atoms with Gasteiger partial charge in [-0.05, 0) is 30.9 Å². The molecule has 0 aliphatic carbocycles. The van der Waals surface area contributed by atoms with E-state index in [0.717, 1.165) is 10.5 Å². The fraction of sp³-hybridized carbons (Fsp3) is 0.545. The number of hydrogen-bond acceptors (Lipinski definition) is 6. The minimum atomic E-state index is -0.833. The molecule has 1 aromatic rings. The number of likely N-dealkylation sites (N-methyl/N-ethyl adjacent to an activating group) is 2. The van der Waals surface area contributed by atoms with Crippen molar-refractivity contribution in [2.75, 3.05) is 27.2 Å². The summed E-state index contributed by atoms with van der Waals surface area (Å²) >= 11 is 0. The lowest BCUT2D eigenvalue weighted by atomic mass is 9.76. The zero-order chi connectivity index (χ0) is 32.7. The number of nitrogens with zero attached hydrogens (tertiary/aromatic N) is 2. The first-order valence-corrected chi connectivity index (χ1v) is 14.7. The topological polar surface area (TPSA) is 128 Å². The molecule has 0 bridgehead atoms. The van der Waals surface area contributed by atoms with E-state index in [1.807, 2.05) is 78.8 Å². The van der Waals surface area contributed by atoms with E-state index >= 15 is 0 Å². The Morgan fingerprint density at radius 3 is 2.00 bits per heavy atom. The van der Waals surface area contributed by atoms with Crippen molar-refractivity contribution in [3.8, 4) is 0 Å². The summed E-state index contributed by atoms with van der Waals surface area (Å²) in [5, 5.41) is 8.92. The van der Waals surface area contributed by atoms with Gasteiger partial charge in [0.25, 0.3) is 11.8 Å². The summed E-state index contributed by atoms with van der Waals surface area (Å²) in [6.07, 6.45) is 4.14. The first-order valence-electron chi connectivity index (χ1n) is 14.7. The first-order chi connectivity index (χ1) is 19.9. The second kappa shape index (κ2) is 14.6. The summed E-state index contributed by atoms with van der Waals surface area (Å²) < 4.78 is 0. The fourth-order valence-electron chi connectivity index (χ4n) is 5.23. The van der Waals surface area contributed by atoms with Crippen molar-refractivity contribution in [1.82, 2.24) is 25.8 Å². The van der Waals surface area contributed by atoms with E-state index < -0.39 is 40.8 Å². The third-order valence-electron chi connectivity index (χ3n) is 7.97. The van der Waals surface area contributed by atoms with E-state index in [4.69, 9.17) is 0 Å². The highest BCUT2D eigenvalue weighted by Crippen LogP contribution is 2.29. The van der Waals surface area contributed by atoms with Gasteiger partial charge in [-0.15, -0.1) is 0 Å². The molecule has 1 heterocycles. The van der Waals surface area contributed by atoms with Crippen LogP contribution in [0.15, 0.2) is 54.1 Å². The maximum absolute atomic E-state index is 14.0. The highest BCUT2D eigenvalue weighted by atomic mass is 16.2. The van der Waals surface area contributed by atoms with Crippen LogP contribution in [0.25, 0.3) is 0 Å². The van der Waals surface area contributed by atoms with Gasteiger partial charge in [0.1, 0.15) is 6.04 Å². The third kappa shape index (κ3) is 8.86. The molecule has 3 N–H and O–H groups in total. The Hall–Kier alpha value is -3.79. The minimum Gasteiger partial charge on any atom is -0.351 e. The highest BCUT2D eigenvalue weighted by molar-refractivity contribution is 6.12. The summed E-state index contributed by atoms with van der Waals surface area (Å²) in [6, 6.07) is 7.90. The van der Waals surface area contributed by atoms with E-state index in [0.29, 0.717) is 5.57 Å². The standard InChI is InChI=1S/C33H49N5O5/c1-21(2)24(20-22(3)29(41)35-18-19-38-25(39)16-17-26(38)40)37(10)31(43)28(32(4,5)6)36-30(42)27(34-9)33(7,8)23-14-12-11-13-15-23/h11-17,20-21,24,27-28,34H,18-19H2,1-10H3,(H,35,41)(H,36,42)/b22-20+/t24-,27-,28?/m1/s1. The van der Waals surface area contributed by atoms with Crippen LogP contribution in [-0.4, -0.2) is 84.6 Å². The molecule has 1 unspecified atom stereocenters. The van der Waals surface area contributed by atoms with E-state index in [2.05, 4.69) is 16.0 Å². The summed E-state index contributed by atoms with van der Waals surface area (Å²) in [4.78, 5) is 66.7. The van der Waals surface area contributed by atoms with Gasteiger partial charge in [-0.3, -0.25) is 28.9 Å². The van der Waals surface area contributed by atoms with Crippen LogP contribution in [0.1, 0.15) is 61.0 Å². The number of rotatable bonds is 13. The molecule has 0 saturated heterocycles. The Labute approximate surface area is 256 Å². The summed E-state index contributed by atoms with van der Waals surface area (Å²) in [5.41, 5.74) is 0.227. The molecule has 0 saturated carbocycles. The van der Waals surface area contributed by atoms with Crippen LogP contribution in [-0.2, 0) is 29.4 Å². The van der Waals surface area contributed by atoms with Crippen molar-refractivity contribution >= 4 is 29.5 Å². The number of carbonyl (C=O) groups is 5. The second-order valence-corrected chi connectivity index (χ2v) is 13.1. The summed E-state index contributed by atoms with van der Waals surface area (Å²) in [6.45, 7) is 15.5. The van der Waals surface area contributed by atoms with E-state index in [-0.39, 0.29) is 36.7 Å². The number of imide groups is 1. The number of amides is 5. The molecule has 10 nitrogen and oxygen atoms in total. The van der Waals surface area contributed by atoms with Gasteiger partial charge in [-0.1, -0.05) is 84.9 Å².